The Morgan fingerprint density at radius 2 is 0.533 bits per heavy atom. The van der Waals surface area contributed by atoms with Gasteiger partial charge in [-0.3, -0.25) is 37.3 Å². The van der Waals surface area contributed by atoms with E-state index in [1.165, 1.54) is 148 Å². The van der Waals surface area contributed by atoms with Gasteiger partial charge in [0.2, 0.25) is 0 Å². The Labute approximate surface area is 549 Å². The molecule has 0 aliphatic carbocycles. The Kier molecular flexibility index (Phi) is 59.4. The largest absolute Gasteiger partial charge is 0.472 e. The van der Waals surface area contributed by atoms with Crippen LogP contribution < -0.4 is 0 Å². The Morgan fingerprint density at radius 1 is 0.311 bits per heavy atom. The van der Waals surface area contributed by atoms with E-state index < -0.39 is 97.5 Å². The topological polar surface area (TPSA) is 237 Å². The SMILES string of the molecule is CCC(C)CCCCCCCCCCCCC(=O)OC[C@H](COP(=O)(O)OC[C@@H](O)COP(=O)(O)OC[C@@H](COC(=O)CCCCCCCCC(C)CC)OC(=O)CCCCCCCCCCCCCC(C)C)OC(=O)CCCCCCCCCCCC(C)C. The number of hydrogen-bond donors (Lipinski definition) is 3. The predicted octanol–water partition coefficient (Wildman–Crippen LogP) is 20.1. The molecule has 0 aliphatic heterocycles. The van der Waals surface area contributed by atoms with Gasteiger partial charge in [0.25, 0.3) is 0 Å². The normalized spacial score (nSPS) is 14.9. The van der Waals surface area contributed by atoms with Crippen LogP contribution in [0.1, 0.15) is 351 Å². The summed E-state index contributed by atoms with van der Waals surface area (Å²) < 4.78 is 68.3. The van der Waals surface area contributed by atoms with Crippen LogP contribution >= 0.6 is 15.6 Å². The standard InChI is InChI=1S/C71H138O17P2/c1-9-63(7)49-41-33-25-19-14-15-20-26-35-43-51-68(73)81-57-66(87-71(76)54-46-38-28-22-16-18-24-32-40-48-62(5)6)59-85-89(77,78)83-55-65(72)56-84-90(79,80)86-60-67(58-82-69(74)52-44-36-30-29-34-42-50-64(8)10-2)88-70(75)53-45-37-27-21-13-11-12-17-23-31-39-47-61(3)4/h61-67,72H,9-60H2,1-8H3,(H,77,78)(H,79,80)/t63?,64?,65-,66-,67-/m1/s1. The van der Waals surface area contributed by atoms with Gasteiger partial charge >= 0.3 is 39.5 Å². The minimum atomic E-state index is -4.95. The fourth-order valence-corrected chi connectivity index (χ4v) is 12.2. The van der Waals surface area contributed by atoms with Crippen molar-refractivity contribution < 1.29 is 80.2 Å². The summed E-state index contributed by atoms with van der Waals surface area (Å²) in [6, 6.07) is 0. The van der Waals surface area contributed by atoms with E-state index in [1.807, 2.05) is 0 Å². The first-order valence-corrected chi connectivity index (χ1v) is 39.8. The monoisotopic (exact) mass is 1320 g/mol. The van der Waals surface area contributed by atoms with Crippen molar-refractivity contribution in [3.63, 3.8) is 0 Å². The summed E-state index contributed by atoms with van der Waals surface area (Å²) in [5.41, 5.74) is 0. The van der Waals surface area contributed by atoms with Gasteiger partial charge in [0.1, 0.15) is 19.3 Å². The van der Waals surface area contributed by atoms with Gasteiger partial charge in [0, 0.05) is 25.7 Å². The highest BCUT2D eigenvalue weighted by Gasteiger charge is 2.30. The minimum Gasteiger partial charge on any atom is -0.462 e. The molecule has 0 radical (unpaired) electrons. The second-order valence-electron chi connectivity index (χ2n) is 27.1. The van der Waals surface area contributed by atoms with Gasteiger partial charge in [-0.05, 0) is 49.4 Å². The highest BCUT2D eigenvalue weighted by molar-refractivity contribution is 7.47. The molecule has 3 N–H and O–H groups in total. The van der Waals surface area contributed by atoms with Crippen LogP contribution in [0, 0.1) is 23.7 Å². The molecule has 7 atom stereocenters. The lowest BCUT2D eigenvalue weighted by molar-refractivity contribution is -0.161. The van der Waals surface area contributed by atoms with Crippen LogP contribution in [-0.2, 0) is 65.4 Å². The minimum absolute atomic E-state index is 0.105. The van der Waals surface area contributed by atoms with Crippen molar-refractivity contribution in [2.24, 2.45) is 23.7 Å². The van der Waals surface area contributed by atoms with Crippen LogP contribution in [0.4, 0.5) is 0 Å². The first-order valence-electron chi connectivity index (χ1n) is 36.8. The average molecular weight is 1330 g/mol. The zero-order chi connectivity index (χ0) is 66.8. The lowest BCUT2D eigenvalue weighted by atomic mass is 9.99. The summed E-state index contributed by atoms with van der Waals surface area (Å²) >= 11 is 0. The Hall–Kier alpha value is -1.94. The molecule has 0 spiro atoms. The first-order chi connectivity index (χ1) is 43.2. The molecule has 0 aromatic carbocycles. The number of phosphoric acid groups is 2. The molecule has 0 aromatic heterocycles. The van der Waals surface area contributed by atoms with E-state index in [4.69, 9.17) is 37.0 Å². The molecule has 0 amide bonds. The second kappa shape index (κ2) is 60.7. The molecule has 0 aromatic rings. The van der Waals surface area contributed by atoms with Gasteiger partial charge in [0.15, 0.2) is 12.2 Å². The van der Waals surface area contributed by atoms with Crippen LogP contribution in [0.25, 0.3) is 0 Å². The molecule has 0 aliphatic rings. The maximum Gasteiger partial charge on any atom is 0.472 e. The van der Waals surface area contributed by atoms with E-state index in [-0.39, 0.29) is 25.7 Å². The average Bonchev–Trinajstić information content (AvgIpc) is 3.72. The smallest absolute Gasteiger partial charge is 0.462 e. The number of aliphatic hydroxyl groups is 1. The zero-order valence-corrected chi connectivity index (χ0v) is 60.6. The molecular formula is C71H138O17P2. The second-order valence-corrected chi connectivity index (χ2v) is 30.0. The number of carbonyl (C=O) groups excluding carboxylic acids is 4. The van der Waals surface area contributed by atoms with Gasteiger partial charge < -0.3 is 33.8 Å². The van der Waals surface area contributed by atoms with Gasteiger partial charge in [-0.2, -0.15) is 0 Å². The molecule has 17 nitrogen and oxygen atoms in total. The van der Waals surface area contributed by atoms with Crippen molar-refractivity contribution in [1.29, 1.82) is 0 Å². The fourth-order valence-electron chi connectivity index (χ4n) is 10.6. The van der Waals surface area contributed by atoms with Gasteiger partial charge in [0.05, 0.1) is 26.4 Å². The molecule has 90 heavy (non-hydrogen) atoms. The highest BCUT2D eigenvalue weighted by Crippen LogP contribution is 2.45. The number of carbonyl (C=O) groups is 4. The van der Waals surface area contributed by atoms with Crippen LogP contribution in [-0.4, -0.2) is 96.7 Å². The quantitative estimate of drug-likeness (QED) is 0.0222. The third-order valence-corrected chi connectivity index (χ3v) is 18.9. The van der Waals surface area contributed by atoms with E-state index in [9.17, 15) is 43.2 Å². The van der Waals surface area contributed by atoms with E-state index >= 15 is 0 Å². The zero-order valence-electron chi connectivity index (χ0n) is 58.8. The third kappa shape index (κ3) is 62.2. The molecule has 0 saturated heterocycles. The molecular weight excluding hydrogens is 1190 g/mol. The summed E-state index contributed by atoms with van der Waals surface area (Å²) in [6.07, 6.45) is 43.0. The van der Waals surface area contributed by atoms with Crippen molar-refractivity contribution >= 4 is 39.5 Å². The molecule has 19 heteroatoms. The van der Waals surface area contributed by atoms with Crippen molar-refractivity contribution in [3.05, 3.63) is 0 Å². The maximum absolute atomic E-state index is 13.0. The molecule has 0 saturated carbocycles. The number of esters is 4. The molecule has 534 valence electrons. The number of aliphatic hydroxyl groups excluding tert-OH is 1. The first kappa shape index (κ1) is 88.1. The third-order valence-electron chi connectivity index (χ3n) is 17.0. The van der Waals surface area contributed by atoms with Gasteiger partial charge in [-0.1, -0.05) is 299 Å². The molecule has 4 unspecified atom stereocenters. The molecule has 0 rings (SSSR count). The maximum atomic E-state index is 13.0. The van der Waals surface area contributed by atoms with Crippen LogP contribution in [0.5, 0.6) is 0 Å². The van der Waals surface area contributed by atoms with Crippen LogP contribution in [0.15, 0.2) is 0 Å². The van der Waals surface area contributed by atoms with Crippen molar-refractivity contribution in [3.8, 4) is 0 Å². The van der Waals surface area contributed by atoms with Crippen molar-refractivity contribution in [2.75, 3.05) is 39.6 Å². The Balaban J connectivity index is 5.26. The van der Waals surface area contributed by atoms with Crippen molar-refractivity contribution in [2.45, 2.75) is 369 Å². The number of rotatable bonds is 68. The summed E-state index contributed by atoms with van der Waals surface area (Å²) in [6.45, 7) is 14.1. The van der Waals surface area contributed by atoms with E-state index in [0.29, 0.717) is 25.7 Å². The predicted molar refractivity (Wildman–Crippen MR) is 363 cm³/mol. The highest BCUT2D eigenvalue weighted by atomic mass is 31.2. The number of hydrogen-bond acceptors (Lipinski definition) is 15. The van der Waals surface area contributed by atoms with Crippen LogP contribution in [0.2, 0.25) is 0 Å². The van der Waals surface area contributed by atoms with Crippen molar-refractivity contribution in [1.82, 2.24) is 0 Å². The Morgan fingerprint density at radius 3 is 0.789 bits per heavy atom. The summed E-state index contributed by atoms with van der Waals surface area (Å²) in [7, 11) is -9.91. The number of unbranched alkanes of at least 4 members (excludes halogenated alkanes) is 32. The van der Waals surface area contributed by atoms with E-state index in [2.05, 4.69) is 55.4 Å². The summed E-state index contributed by atoms with van der Waals surface area (Å²) in [5.74, 6) is 0.913. The van der Waals surface area contributed by atoms with Crippen LogP contribution in [0.3, 0.4) is 0 Å². The summed E-state index contributed by atoms with van der Waals surface area (Å²) in [5, 5.41) is 10.6. The van der Waals surface area contributed by atoms with Gasteiger partial charge in [-0.25, -0.2) is 9.13 Å². The Bertz CT molecular complexity index is 1790. The number of phosphoric ester groups is 2. The summed E-state index contributed by atoms with van der Waals surface area (Å²) in [4.78, 5) is 72.6. The van der Waals surface area contributed by atoms with Gasteiger partial charge in [-0.15, -0.1) is 0 Å². The van der Waals surface area contributed by atoms with E-state index in [0.717, 1.165) is 120 Å². The fraction of sp³-hybridized carbons (Fsp3) is 0.944. The van der Waals surface area contributed by atoms with E-state index in [1.54, 1.807) is 0 Å². The molecule has 0 bridgehead atoms. The number of ether oxygens (including phenoxy) is 4. The molecule has 0 heterocycles. The lowest BCUT2D eigenvalue weighted by Gasteiger charge is -2.21. The molecule has 0 fully saturated rings. The lowest BCUT2D eigenvalue weighted by Crippen LogP contribution is -2.30.